The maximum Gasteiger partial charge on any atom is 0.407 e. The Balaban J connectivity index is 1.30. The molecular formula is C34H38N2O6. The van der Waals surface area contributed by atoms with Crippen LogP contribution in [0.2, 0.25) is 0 Å². The predicted octanol–water partition coefficient (Wildman–Crippen LogP) is 5.74. The molecule has 1 aliphatic heterocycles. The molecule has 3 unspecified atom stereocenters. The second-order valence-corrected chi connectivity index (χ2v) is 11.1. The van der Waals surface area contributed by atoms with E-state index in [4.69, 9.17) is 9.47 Å². The molecule has 1 fully saturated rings. The lowest BCUT2D eigenvalue weighted by Crippen LogP contribution is -2.57. The van der Waals surface area contributed by atoms with Gasteiger partial charge in [0.1, 0.15) is 12.6 Å². The fourth-order valence-electron chi connectivity index (χ4n) is 6.10. The zero-order valence-electron chi connectivity index (χ0n) is 23.9. The summed E-state index contributed by atoms with van der Waals surface area (Å²) < 4.78 is 11.9. The zero-order chi connectivity index (χ0) is 29.5. The number of hydrogen-bond donors (Lipinski definition) is 2. The number of aliphatic carboxylic acids is 1. The molecule has 1 aliphatic carbocycles. The van der Waals surface area contributed by atoms with Crippen molar-refractivity contribution in [1.82, 2.24) is 10.2 Å². The van der Waals surface area contributed by atoms with Crippen molar-refractivity contribution in [3.05, 3.63) is 95.6 Å². The summed E-state index contributed by atoms with van der Waals surface area (Å²) in [5.41, 5.74) is 5.43. The van der Waals surface area contributed by atoms with Gasteiger partial charge in [-0.3, -0.25) is 9.59 Å². The number of amides is 2. The molecule has 1 heterocycles. The van der Waals surface area contributed by atoms with Crippen LogP contribution < -0.4 is 5.32 Å². The SMILES string of the molecule is CC(OCc1ccccc1)C(NC(=O)OCC1c2ccccc2-c2ccccc21)C(=O)N1CCCCC1CCC(=O)O. The number of carbonyl (C=O) groups is 3. The smallest absolute Gasteiger partial charge is 0.407 e. The lowest BCUT2D eigenvalue weighted by Gasteiger charge is -2.39. The minimum atomic E-state index is -0.991. The van der Waals surface area contributed by atoms with Gasteiger partial charge in [0.15, 0.2) is 0 Å². The van der Waals surface area contributed by atoms with E-state index in [0.29, 0.717) is 13.0 Å². The van der Waals surface area contributed by atoms with Crippen LogP contribution in [0.15, 0.2) is 78.9 Å². The van der Waals surface area contributed by atoms with Crippen molar-refractivity contribution in [3.63, 3.8) is 0 Å². The fraction of sp³-hybridized carbons (Fsp3) is 0.382. The highest BCUT2D eigenvalue weighted by Crippen LogP contribution is 2.44. The summed E-state index contributed by atoms with van der Waals surface area (Å²) in [5.74, 6) is -1.27. The first-order chi connectivity index (χ1) is 20.4. The van der Waals surface area contributed by atoms with Crippen molar-refractivity contribution in [2.45, 2.75) is 69.7 Å². The Hall–Kier alpha value is -4.17. The van der Waals surface area contributed by atoms with Crippen molar-refractivity contribution in [1.29, 1.82) is 0 Å². The number of hydrogen-bond acceptors (Lipinski definition) is 5. The summed E-state index contributed by atoms with van der Waals surface area (Å²) in [5, 5.41) is 12.1. The number of rotatable bonds is 11. The van der Waals surface area contributed by atoms with Gasteiger partial charge in [-0.1, -0.05) is 78.9 Å². The number of nitrogens with one attached hydrogen (secondary N) is 1. The molecule has 3 aromatic rings. The third-order valence-corrected chi connectivity index (χ3v) is 8.31. The third kappa shape index (κ3) is 6.82. The van der Waals surface area contributed by atoms with Gasteiger partial charge in [-0.15, -0.1) is 0 Å². The van der Waals surface area contributed by atoms with Crippen LogP contribution >= 0.6 is 0 Å². The number of piperidine rings is 1. The standard InChI is InChI=1S/C34H38N2O6/c1-23(41-21-24-11-3-2-4-12-24)32(33(39)36-20-10-9-13-25(36)18-19-31(37)38)35-34(40)42-22-30-28-16-7-5-14-26(28)27-15-6-8-17-29(27)30/h2-8,11-12,14-17,23,25,30,32H,9-10,13,18-22H2,1H3,(H,35,40)(H,37,38). The highest BCUT2D eigenvalue weighted by Gasteiger charge is 2.37. The lowest BCUT2D eigenvalue weighted by molar-refractivity contribution is -0.143. The largest absolute Gasteiger partial charge is 0.481 e. The van der Waals surface area contributed by atoms with Crippen molar-refractivity contribution in [2.75, 3.05) is 13.2 Å². The van der Waals surface area contributed by atoms with E-state index in [9.17, 15) is 19.5 Å². The fourth-order valence-corrected chi connectivity index (χ4v) is 6.10. The summed E-state index contributed by atoms with van der Waals surface area (Å²) in [6.07, 6.45) is 1.50. The van der Waals surface area contributed by atoms with Gasteiger partial charge in [0, 0.05) is 24.9 Å². The summed E-state index contributed by atoms with van der Waals surface area (Å²) >= 11 is 0. The van der Waals surface area contributed by atoms with Crippen LogP contribution in [0.25, 0.3) is 11.1 Å². The van der Waals surface area contributed by atoms with E-state index in [1.54, 1.807) is 11.8 Å². The molecule has 42 heavy (non-hydrogen) atoms. The van der Waals surface area contributed by atoms with E-state index in [1.165, 1.54) is 0 Å². The number of fused-ring (bicyclic) bond motifs is 3. The summed E-state index contributed by atoms with van der Waals surface area (Å²) in [6.45, 7) is 2.69. The van der Waals surface area contributed by atoms with Crippen LogP contribution in [-0.2, 0) is 25.7 Å². The number of carbonyl (C=O) groups excluding carboxylic acids is 2. The molecular weight excluding hydrogens is 532 g/mol. The monoisotopic (exact) mass is 570 g/mol. The molecule has 0 saturated carbocycles. The molecule has 2 N–H and O–H groups in total. The number of alkyl carbamates (subject to hydrolysis) is 1. The van der Waals surface area contributed by atoms with Crippen molar-refractivity contribution in [3.8, 4) is 11.1 Å². The lowest BCUT2D eigenvalue weighted by atomic mass is 9.96. The van der Waals surface area contributed by atoms with Crippen LogP contribution in [0.5, 0.6) is 0 Å². The molecule has 5 rings (SSSR count). The Morgan fingerprint density at radius 3 is 2.24 bits per heavy atom. The predicted molar refractivity (Wildman–Crippen MR) is 159 cm³/mol. The Labute approximate surface area is 246 Å². The van der Waals surface area contributed by atoms with Gasteiger partial charge in [0.25, 0.3) is 0 Å². The van der Waals surface area contributed by atoms with Crippen LogP contribution in [0.3, 0.4) is 0 Å². The van der Waals surface area contributed by atoms with Crippen molar-refractivity contribution >= 4 is 18.0 Å². The Kier molecular flexibility index (Phi) is 9.54. The number of likely N-dealkylation sites (tertiary alicyclic amines) is 1. The van der Waals surface area contributed by atoms with Crippen LogP contribution in [0.4, 0.5) is 4.79 Å². The van der Waals surface area contributed by atoms with E-state index in [0.717, 1.165) is 47.1 Å². The second-order valence-electron chi connectivity index (χ2n) is 11.1. The van der Waals surface area contributed by atoms with Gasteiger partial charge in [0.2, 0.25) is 5.91 Å². The topological polar surface area (TPSA) is 105 Å². The van der Waals surface area contributed by atoms with Gasteiger partial charge < -0.3 is 24.8 Å². The molecule has 0 radical (unpaired) electrons. The van der Waals surface area contributed by atoms with E-state index >= 15 is 0 Å². The van der Waals surface area contributed by atoms with E-state index in [1.807, 2.05) is 54.6 Å². The van der Waals surface area contributed by atoms with Crippen molar-refractivity contribution < 1.29 is 29.0 Å². The van der Waals surface area contributed by atoms with Gasteiger partial charge >= 0.3 is 12.1 Å². The number of carboxylic acid groups (broad SMARTS) is 1. The van der Waals surface area contributed by atoms with Crippen molar-refractivity contribution in [2.24, 2.45) is 0 Å². The molecule has 3 aromatic carbocycles. The van der Waals surface area contributed by atoms with Gasteiger partial charge in [-0.2, -0.15) is 0 Å². The average Bonchev–Trinajstić information content (AvgIpc) is 3.34. The van der Waals surface area contributed by atoms with Gasteiger partial charge in [-0.05, 0) is 60.4 Å². The van der Waals surface area contributed by atoms with Crippen LogP contribution in [-0.4, -0.2) is 59.3 Å². The number of ether oxygens (including phenoxy) is 2. The van der Waals surface area contributed by atoms with E-state index < -0.39 is 24.2 Å². The van der Waals surface area contributed by atoms with Gasteiger partial charge in [-0.25, -0.2) is 4.79 Å². The number of carboxylic acids is 1. The minimum absolute atomic E-state index is 0.0149. The summed E-state index contributed by atoms with van der Waals surface area (Å²) in [4.78, 5) is 40.2. The molecule has 2 aliphatic rings. The molecule has 1 saturated heterocycles. The van der Waals surface area contributed by atoms with E-state index in [2.05, 4.69) is 29.6 Å². The molecule has 0 spiro atoms. The first kappa shape index (κ1) is 29.3. The third-order valence-electron chi connectivity index (χ3n) is 8.31. The molecule has 2 amide bonds. The molecule has 8 nitrogen and oxygen atoms in total. The zero-order valence-corrected chi connectivity index (χ0v) is 23.9. The van der Waals surface area contributed by atoms with E-state index in [-0.39, 0.29) is 37.5 Å². The highest BCUT2D eigenvalue weighted by atomic mass is 16.5. The quantitative estimate of drug-likeness (QED) is 0.304. The van der Waals surface area contributed by atoms with Crippen LogP contribution in [0, 0.1) is 0 Å². The average molecular weight is 571 g/mol. The van der Waals surface area contributed by atoms with Crippen LogP contribution in [0.1, 0.15) is 61.6 Å². The number of benzene rings is 3. The Bertz CT molecular complexity index is 1350. The molecule has 0 aromatic heterocycles. The Morgan fingerprint density at radius 2 is 1.57 bits per heavy atom. The maximum atomic E-state index is 14.0. The Morgan fingerprint density at radius 1 is 0.929 bits per heavy atom. The second kappa shape index (κ2) is 13.7. The molecule has 3 atom stereocenters. The summed E-state index contributed by atoms with van der Waals surface area (Å²) in [7, 11) is 0. The minimum Gasteiger partial charge on any atom is -0.481 e. The normalized spacial score (nSPS) is 17.5. The summed E-state index contributed by atoms with van der Waals surface area (Å²) in [6, 6.07) is 24.7. The highest BCUT2D eigenvalue weighted by molar-refractivity contribution is 5.87. The van der Waals surface area contributed by atoms with Gasteiger partial charge in [0.05, 0.1) is 12.7 Å². The number of nitrogens with zero attached hydrogens (tertiary/aromatic N) is 1. The molecule has 220 valence electrons. The molecule has 8 heteroatoms. The first-order valence-electron chi connectivity index (χ1n) is 14.7. The maximum absolute atomic E-state index is 14.0. The molecule has 0 bridgehead atoms. The first-order valence-corrected chi connectivity index (χ1v) is 14.7.